The van der Waals surface area contributed by atoms with E-state index in [9.17, 15) is 14.9 Å². The first-order valence-corrected chi connectivity index (χ1v) is 8.91. The highest BCUT2D eigenvalue weighted by Crippen LogP contribution is 2.28. The van der Waals surface area contributed by atoms with Crippen molar-refractivity contribution in [1.82, 2.24) is 9.97 Å². The molecule has 0 fully saturated rings. The average molecular weight is 393 g/mol. The van der Waals surface area contributed by atoms with E-state index in [1.165, 1.54) is 30.0 Å². The van der Waals surface area contributed by atoms with E-state index in [1.807, 2.05) is 12.1 Å². The van der Waals surface area contributed by atoms with Crippen LogP contribution in [0.15, 0.2) is 83.4 Å². The molecule has 2 aromatic carbocycles. The highest BCUT2D eigenvalue weighted by Gasteiger charge is 2.08. The first-order valence-electron chi connectivity index (χ1n) is 8.09. The maximum absolute atomic E-state index is 11.3. The minimum Gasteiger partial charge on any atom is -0.324 e. The van der Waals surface area contributed by atoms with E-state index < -0.39 is 4.92 Å². The lowest BCUT2D eigenvalue weighted by atomic mass is 10.3. The minimum absolute atomic E-state index is 0.0147. The molecule has 2 N–H and O–H groups in total. The summed E-state index contributed by atoms with van der Waals surface area (Å²) in [5, 5.41) is 17.2. The summed E-state index contributed by atoms with van der Waals surface area (Å²) in [6, 6.07) is 15.2. The number of carbonyl (C=O) groups is 1. The zero-order chi connectivity index (χ0) is 19.9. The molecule has 0 aliphatic rings. The number of rotatable bonds is 7. The molecule has 0 unspecified atom stereocenters. The van der Waals surface area contributed by atoms with Crippen LogP contribution >= 0.6 is 11.8 Å². The number of carbonyl (C=O) groups excluding carboxylic acids is 1. The molecule has 0 radical (unpaired) electrons. The molecule has 140 valence electrons. The highest BCUT2D eigenvalue weighted by atomic mass is 32.2. The number of nitro benzene ring substituents is 1. The van der Waals surface area contributed by atoms with Crippen molar-refractivity contribution in [2.24, 2.45) is 0 Å². The molecule has 1 heterocycles. The predicted octanol–water partition coefficient (Wildman–Crippen LogP) is 4.40. The molecule has 0 spiro atoms. The van der Waals surface area contributed by atoms with Crippen molar-refractivity contribution in [2.75, 3.05) is 10.6 Å². The summed E-state index contributed by atoms with van der Waals surface area (Å²) in [6.45, 7) is 3.41. The third kappa shape index (κ3) is 5.15. The Morgan fingerprint density at radius 1 is 1.14 bits per heavy atom. The van der Waals surface area contributed by atoms with E-state index in [-0.39, 0.29) is 11.6 Å². The van der Waals surface area contributed by atoms with Crippen molar-refractivity contribution in [3.05, 3.63) is 83.6 Å². The zero-order valence-electron chi connectivity index (χ0n) is 14.5. The van der Waals surface area contributed by atoms with Gasteiger partial charge >= 0.3 is 0 Å². The van der Waals surface area contributed by atoms with Crippen LogP contribution in [0.3, 0.4) is 0 Å². The van der Waals surface area contributed by atoms with Gasteiger partial charge in [-0.15, -0.1) is 0 Å². The molecular formula is C19H15N5O3S. The molecule has 9 heteroatoms. The molecule has 3 rings (SSSR count). The van der Waals surface area contributed by atoms with Crippen LogP contribution in [0.5, 0.6) is 0 Å². The second-order valence-electron chi connectivity index (χ2n) is 5.47. The lowest BCUT2D eigenvalue weighted by Gasteiger charge is -2.07. The van der Waals surface area contributed by atoms with Crippen molar-refractivity contribution in [3.63, 3.8) is 0 Å². The molecule has 3 aromatic rings. The van der Waals surface area contributed by atoms with Crippen LogP contribution in [0.25, 0.3) is 0 Å². The number of amides is 1. The summed E-state index contributed by atoms with van der Waals surface area (Å²) < 4.78 is 0. The molecule has 1 amide bonds. The van der Waals surface area contributed by atoms with Gasteiger partial charge in [0.15, 0.2) is 0 Å². The number of hydrogen-bond acceptors (Lipinski definition) is 7. The van der Waals surface area contributed by atoms with Crippen LogP contribution in [0.4, 0.5) is 23.0 Å². The Bertz CT molecular complexity index is 1020. The van der Waals surface area contributed by atoms with Gasteiger partial charge in [-0.3, -0.25) is 14.9 Å². The average Bonchev–Trinajstić information content (AvgIpc) is 2.70. The standard InChI is InChI=1S/C19H15N5O3S/c1-2-17(25)21-13-6-8-16(9-7-13)28-18-10-11-20-19(23-18)22-14-4-3-5-15(12-14)24(26)27/h2-12H,1H2,(H,21,25)(H,20,22,23). The van der Waals surface area contributed by atoms with Crippen molar-refractivity contribution in [2.45, 2.75) is 9.92 Å². The van der Waals surface area contributed by atoms with E-state index in [2.05, 4.69) is 27.2 Å². The molecule has 0 aliphatic heterocycles. The van der Waals surface area contributed by atoms with Gasteiger partial charge < -0.3 is 10.6 Å². The van der Waals surface area contributed by atoms with Crippen LogP contribution < -0.4 is 10.6 Å². The summed E-state index contributed by atoms with van der Waals surface area (Å²) in [7, 11) is 0. The Hall–Kier alpha value is -3.72. The van der Waals surface area contributed by atoms with E-state index in [4.69, 9.17) is 0 Å². The molecular weight excluding hydrogens is 378 g/mol. The molecule has 0 atom stereocenters. The van der Waals surface area contributed by atoms with Gasteiger partial charge in [-0.1, -0.05) is 24.4 Å². The van der Waals surface area contributed by atoms with Crippen LogP contribution in [-0.4, -0.2) is 20.8 Å². The van der Waals surface area contributed by atoms with Crippen LogP contribution in [0.2, 0.25) is 0 Å². The van der Waals surface area contributed by atoms with Crippen molar-refractivity contribution in [3.8, 4) is 0 Å². The van der Waals surface area contributed by atoms with Gasteiger partial charge in [0.1, 0.15) is 5.03 Å². The topological polar surface area (TPSA) is 110 Å². The minimum atomic E-state index is -0.459. The van der Waals surface area contributed by atoms with E-state index in [0.29, 0.717) is 22.3 Å². The second kappa shape index (κ2) is 8.78. The maximum Gasteiger partial charge on any atom is 0.271 e. The Morgan fingerprint density at radius 2 is 1.93 bits per heavy atom. The Kier molecular flexibility index (Phi) is 5.97. The quantitative estimate of drug-likeness (QED) is 0.265. The molecule has 0 aliphatic carbocycles. The second-order valence-corrected chi connectivity index (χ2v) is 6.56. The van der Waals surface area contributed by atoms with Crippen LogP contribution in [0, 0.1) is 10.1 Å². The van der Waals surface area contributed by atoms with Gasteiger partial charge in [0, 0.05) is 34.6 Å². The summed E-state index contributed by atoms with van der Waals surface area (Å²) in [5.41, 5.74) is 1.18. The fraction of sp³-hybridized carbons (Fsp3) is 0. The number of benzene rings is 2. The van der Waals surface area contributed by atoms with Crippen molar-refractivity contribution in [1.29, 1.82) is 0 Å². The molecule has 8 nitrogen and oxygen atoms in total. The van der Waals surface area contributed by atoms with Gasteiger partial charge in [0.25, 0.3) is 5.69 Å². The smallest absolute Gasteiger partial charge is 0.271 e. The van der Waals surface area contributed by atoms with Gasteiger partial charge in [0.2, 0.25) is 11.9 Å². The summed E-state index contributed by atoms with van der Waals surface area (Å²) >= 11 is 1.42. The van der Waals surface area contributed by atoms with E-state index in [0.717, 1.165) is 4.90 Å². The number of aromatic nitrogens is 2. The Morgan fingerprint density at radius 3 is 2.64 bits per heavy atom. The predicted molar refractivity (Wildman–Crippen MR) is 108 cm³/mol. The maximum atomic E-state index is 11.3. The van der Waals surface area contributed by atoms with Crippen molar-refractivity contribution < 1.29 is 9.72 Å². The van der Waals surface area contributed by atoms with Crippen LogP contribution in [-0.2, 0) is 4.79 Å². The monoisotopic (exact) mass is 393 g/mol. The number of nitrogens with one attached hydrogen (secondary N) is 2. The fourth-order valence-electron chi connectivity index (χ4n) is 2.21. The van der Waals surface area contributed by atoms with E-state index in [1.54, 1.807) is 36.5 Å². The first kappa shape index (κ1) is 19.1. The third-order valence-corrected chi connectivity index (χ3v) is 4.42. The van der Waals surface area contributed by atoms with Crippen molar-refractivity contribution >= 4 is 40.7 Å². The zero-order valence-corrected chi connectivity index (χ0v) is 15.3. The number of nitro groups is 1. The van der Waals surface area contributed by atoms with Gasteiger partial charge in [-0.25, -0.2) is 9.97 Å². The first-order chi connectivity index (χ1) is 13.5. The molecule has 0 bridgehead atoms. The van der Waals surface area contributed by atoms with E-state index >= 15 is 0 Å². The van der Waals surface area contributed by atoms with Gasteiger partial charge in [-0.05, 0) is 42.5 Å². The normalized spacial score (nSPS) is 10.1. The SMILES string of the molecule is C=CC(=O)Nc1ccc(Sc2ccnc(Nc3cccc([N+](=O)[O-])c3)n2)cc1. The molecule has 0 saturated carbocycles. The number of hydrogen-bond donors (Lipinski definition) is 2. The summed E-state index contributed by atoms with van der Waals surface area (Å²) in [4.78, 5) is 31.2. The number of nitrogens with zero attached hydrogens (tertiary/aromatic N) is 3. The number of anilines is 3. The molecule has 1 aromatic heterocycles. The van der Waals surface area contributed by atoms with Crippen LogP contribution in [0.1, 0.15) is 0 Å². The Labute approximate surface area is 164 Å². The lowest BCUT2D eigenvalue weighted by molar-refractivity contribution is -0.384. The lowest BCUT2D eigenvalue weighted by Crippen LogP contribution is -2.06. The summed E-state index contributed by atoms with van der Waals surface area (Å²) in [5.74, 6) is 0.0634. The summed E-state index contributed by atoms with van der Waals surface area (Å²) in [6.07, 6.45) is 2.81. The molecule has 0 saturated heterocycles. The highest BCUT2D eigenvalue weighted by molar-refractivity contribution is 7.99. The third-order valence-electron chi connectivity index (χ3n) is 3.47. The van der Waals surface area contributed by atoms with Gasteiger partial charge in [-0.2, -0.15) is 0 Å². The van der Waals surface area contributed by atoms with Gasteiger partial charge in [0.05, 0.1) is 4.92 Å². The fourth-order valence-corrected chi connectivity index (χ4v) is 2.98. The number of non-ortho nitro benzene ring substituents is 1. The Balaban J connectivity index is 1.69. The molecule has 28 heavy (non-hydrogen) atoms. The largest absolute Gasteiger partial charge is 0.324 e.